The van der Waals surface area contributed by atoms with Gasteiger partial charge in [0.05, 0.1) is 15.7 Å². The zero-order valence-corrected chi connectivity index (χ0v) is 14.4. The number of nitrogens with one attached hydrogen (secondary N) is 1. The molecule has 1 heterocycles. The Labute approximate surface area is 141 Å². The first-order chi connectivity index (χ1) is 9.97. The number of carbonyl (C=O) groups excluding carboxylic acids is 1. The number of aromatic nitrogens is 1. The van der Waals surface area contributed by atoms with Crippen molar-refractivity contribution in [3.8, 4) is 0 Å². The third-order valence-electron chi connectivity index (χ3n) is 3.51. The average molecular weight is 388 g/mol. The summed E-state index contributed by atoms with van der Waals surface area (Å²) >= 11 is 15.8. The Kier molecular flexibility index (Phi) is 4.04. The van der Waals surface area contributed by atoms with Crippen molar-refractivity contribution in [2.75, 3.05) is 5.32 Å². The van der Waals surface area contributed by atoms with Crippen LogP contribution in [0.15, 0.2) is 28.9 Å². The van der Waals surface area contributed by atoms with E-state index in [2.05, 4.69) is 21.2 Å². The normalized spacial score (nSPS) is 14.3. The van der Waals surface area contributed by atoms with Crippen molar-refractivity contribution in [1.29, 1.82) is 0 Å². The highest BCUT2D eigenvalue weighted by molar-refractivity contribution is 9.10. The van der Waals surface area contributed by atoms with Crippen LogP contribution in [0, 0.1) is 6.92 Å². The maximum absolute atomic E-state index is 12.5. The van der Waals surface area contributed by atoms with Gasteiger partial charge in [-0.25, -0.2) is 0 Å². The molecule has 1 aromatic heterocycles. The van der Waals surface area contributed by atoms with Gasteiger partial charge in [-0.05, 0) is 53.4 Å². The van der Waals surface area contributed by atoms with E-state index in [1.807, 2.05) is 29.8 Å². The summed E-state index contributed by atoms with van der Waals surface area (Å²) in [6.07, 6.45) is 4.15. The molecule has 1 saturated carbocycles. The summed E-state index contributed by atoms with van der Waals surface area (Å²) in [6.45, 7) is 1.87. The Bertz CT molecular complexity index is 723. The molecule has 3 rings (SSSR count). The lowest BCUT2D eigenvalue weighted by Crippen LogP contribution is -2.17. The van der Waals surface area contributed by atoms with E-state index in [-0.39, 0.29) is 5.91 Å². The van der Waals surface area contributed by atoms with E-state index < -0.39 is 0 Å². The predicted octanol–water partition coefficient (Wildman–Crippen LogP) is 5.45. The van der Waals surface area contributed by atoms with Crippen LogP contribution in [-0.4, -0.2) is 10.5 Å². The van der Waals surface area contributed by atoms with E-state index in [0.29, 0.717) is 27.5 Å². The van der Waals surface area contributed by atoms with Crippen molar-refractivity contribution in [1.82, 2.24) is 4.57 Å². The van der Waals surface area contributed by atoms with Crippen LogP contribution in [0.4, 0.5) is 5.69 Å². The van der Waals surface area contributed by atoms with Crippen LogP contribution >= 0.6 is 39.1 Å². The number of benzene rings is 1. The van der Waals surface area contributed by atoms with E-state index in [4.69, 9.17) is 23.2 Å². The molecule has 1 fully saturated rings. The predicted molar refractivity (Wildman–Crippen MR) is 89.6 cm³/mol. The molecule has 0 spiro atoms. The van der Waals surface area contributed by atoms with Gasteiger partial charge in [0.25, 0.3) is 5.91 Å². The summed E-state index contributed by atoms with van der Waals surface area (Å²) in [5, 5.41) is 3.73. The zero-order chi connectivity index (χ0) is 15.1. The van der Waals surface area contributed by atoms with Crippen LogP contribution in [0.3, 0.4) is 0 Å². The number of carbonyl (C=O) groups is 1. The molecule has 1 aliphatic rings. The number of halogens is 3. The lowest BCUT2D eigenvalue weighted by molar-refractivity contribution is 0.101. The molecule has 0 radical (unpaired) electrons. The Morgan fingerprint density at radius 1 is 1.38 bits per heavy atom. The van der Waals surface area contributed by atoms with Crippen LogP contribution in [0.1, 0.15) is 34.9 Å². The van der Waals surface area contributed by atoms with Gasteiger partial charge in [-0.1, -0.05) is 29.3 Å². The highest BCUT2D eigenvalue weighted by atomic mass is 79.9. The van der Waals surface area contributed by atoms with Crippen LogP contribution in [0.5, 0.6) is 0 Å². The second-order valence-electron chi connectivity index (χ2n) is 5.19. The smallest absolute Gasteiger partial charge is 0.272 e. The minimum Gasteiger partial charge on any atom is -0.339 e. The second kappa shape index (κ2) is 5.67. The molecule has 1 aliphatic carbocycles. The molecule has 21 heavy (non-hydrogen) atoms. The van der Waals surface area contributed by atoms with E-state index >= 15 is 0 Å². The molecule has 1 N–H and O–H groups in total. The van der Waals surface area contributed by atoms with E-state index in [9.17, 15) is 4.79 Å². The molecule has 1 aromatic carbocycles. The molecule has 0 aliphatic heterocycles. The van der Waals surface area contributed by atoms with Gasteiger partial charge in [0.2, 0.25) is 0 Å². The SMILES string of the molecule is Cc1ccc(Cl)c(NC(=O)c2cc(Br)cn2C2CC2)c1Cl. The molecular weight excluding hydrogens is 375 g/mol. The number of hydrogen-bond acceptors (Lipinski definition) is 1. The van der Waals surface area contributed by atoms with Crippen LogP contribution in [0.2, 0.25) is 10.0 Å². The Morgan fingerprint density at radius 3 is 2.76 bits per heavy atom. The van der Waals surface area contributed by atoms with Gasteiger partial charge in [0, 0.05) is 16.7 Å². The van der Waals surface area contributed by atoms with Gasteiger partial charge >= 0.3 is 0 Å². The molecule has 110 valence electrons. The van der Waals surface area contributed by atoms with Crippen LogP contribution in [0.25, 0.3) is 0 Å². The van der Waals surface area contributed by atoms with E-state index in [1.54, 1.807) is 6.07 Å². The molecule has 2 aromatic rings. The lowest BCUT2D eigenvalue weighted by Gasteiger charge is -2.12. The quantitative estimate of drug-likeness (QED) is 0.745. The number of rotatable bonds is 3. The molecule has 1 amide bonds. The van der Waals surface area contributed by atoms with Crippen LogP contribution in [-0.2, 0) is 0 Å². The van der Waals surface area contributed by atoms with Gasteiger partial charge in [-0.3, -0.25) is 4.79 Å². The van der Waals surface area contributed by atoms with Crippen molar-refractivity contribution in [2.24, 2.45) is 0 Å². The Morgan fingerprint density at radius 2 is 2.10 bits per heavy atom. The second-order valence-corrected chi connectivity index (χ2v) is 6.89. The standard InChI is InChI=1S/C15H13BrCl2N2O/c1-8-2-5-11(17)14(13(8)18)19-15(21)12-6-9(16)7-20(12)10-3-4-10/h2,5-7,10H,3-4H2,1H3,(H,19,21). The monoisotopic (exact) mass is 386 g/mol. The maximum Gasteiger partial charge on any atom is 0.272 e. The van der Waals surface area contributed by atoms with Gasteiger partial charge in [0.15, 0.2) is 0 Å². The summed E-state index contributed by atoms with van der Waals surface area (Å²) in [5.41, 5.74) is 1.94. The lowest BCUT2D eigenvalue weighted by atomic mass is 10.2. The number of amides is 1. The summed E-state index contributed by atoms with van der Waals surface area (Å²) in [4.78, 5) is 12.5. The number of nitrogens with zero attached hydrogens (tertiary/aromatic N) is 1. The van der Waals surface area contributed by atoms with Crippen LogP contribution < -0.4 is 5.32 Å². The first-order valence-electron chi connectivity index (χ1n) is 6.60. The maximum atomic E-state index is 12.5. The average Bonchev–Trinajstić information content (AvgIpc) is 3.21. The first-order valence-corrected chi connectivity index (χ1v) is 8.15. The summed E-state index contributed by atoms with van der Waals surface area (Å²) < 4.78 is 2.89. The van der Waals surface area contributed by atoms with Gasteiger partial charge < -0.3 is 9.88 Å². The minimum absolute atomic E-state index is 0.206. The van der Waals surface area contributed by atoms with Crippen molar-refractivity contribution in [2.45, 2.75) is 25.8 Å². The molecule has 3 nitrogen and oxygen atoms in total. The number of anilines is 1. The van der Waals surface area contributed by atoms with Crippen molar-refractivity contribution in [3.63, 3.8) is 0 Å². The van der Waals surface area contributed by atoms with Gasteiger partial charge in [-0.15, -0.1) is 0 Å². The molecule has 0 unspecified atom stereocenters. The Balaban J connectivity index is 1.92. The minimum atomic E-state index is -0.206. The summed E-state index contributed by atoms with van der Waals surface area (Å²) in [6, 6.07) is 5.78. The fourth-order valence-corrected chi connectivity index (χ4v) is 3.13. The van der Waals surface area contributed by atoms with Crippen molar-refractivity contribution in [3.05, 3.63) is 50.2 Å². The fraction of sp³-hybridized carbons (Fsp3) is 0.267. The molecule has 0 saturated heterocycles. The van der Waals surface area contributed by atoms with E-state index in [0.717, 1.165) is 22.9 Å². The molecule has 6 heteroatoms. The Hall–Kier alpha value is -0.970. The van der Waals surface area contributed by atoms with Crippen molar-refractivity contribution < 1.29 is 4.79 Å². The van der Waals surface area contributed by atoms with Gasteiger partial charge in [-0.2, -0.15) is 0 Å². The molecule has 0 atom stereocenters. The largest absolute Gasteiger partial charge is 0.339 e. The molecular formula is C15H13BrCl2N2O. The third-order valence-corrected chi connectivity index (χ3v) is 4.75. The highest BCUT2D eigenvalue weighted by Gasteiger charge is 2.28. The first kappa shape index (κ1) is 14.9. The number of aryl methyl sites for hydroxylation is 1. The fourth-order valence-electron chi connectivity index (χ4n) is 2.23. The topological polar surface area (TPSA) is 34.0 Å². The van der Waals surface area contributed by atoms with Crippen molar-refractivity contribution >= 4 is 50.7 Å². The van der Waals surface area contributed by atoms with Gasteiger partial charge in [0.1, 0.15) is 5.69 Å². The highest BCUT2D eigenvalue weighted by Crippen LogP contribution is 2.38. The summed E-state index contributed by atoms with van der Waals surface area (Å²) in [5.74, 6) is -0.206. The summed E-state index contributed by atoms with van der Waals surface area (Å²) in [7, 11) is 0. The molecule has 0 bridgehead atoms. The zero-order valence-electron chi connectivity index (χ0n) is 11.3. The third kappa shape index (κ3) is 2.98. The number of hydrogen-bond donors (Lipinski definition) is 1. The van der Waals surface area contributed by atoms with E-state index in [1.165, 1.54) is 0 Å².